The summed E-state index contributed by atoms with van der Waals surface area (Å²) in [6.45, 7) is 1.35. The molecule has 0 radical (unpaired) electrons. The molecule has 0 fully saturated rings. The van der Waals surface area contributed by atoms with Crippen molar-refractivity contribution in [3.8, 4) is 0 Å². The summed E-state index contributed by atoms with van der Waals surface area (Å²) in [5, 5.41) is 21.4. The molecule has 0 aliphatic carbocycles. The molecule has 0 atom stereocenters. The van der Waals surface area contributed by atoms with Crippen molar-refractivity contribution >= 4 is 16.9 Å². The van der Waals surface area contributed by atoms with E-state index in [4.69, 9.17) is 0 Å². The van der Waals surface area contributed by atoms with Gasteiger partial charge in [0.1, 0.15) is 5.82 Å². The third-order valence-corrected chi connectivity index (χ3v) is 2.58. The van der Waals surface area contributed by atoms with Gasteiger partial charge in [0.15, 0.2) is 0 Å². The van der Waals surface area contributed by atoms with E-state index in [1.54, 1.807) is 13.1 Å². The molecule has 0 aliphatic heterocycles. The molecular weight excluding hydrogens is 218 g/mol. The molecule has 0 amide bonds. The summed E-state index contributed by atoms with van der Waals surface area (Å²) in [5.74, 6) is 0.536. The van der Waals surface area contributed by atoms with Crippen LogP contribution in [0, 0.1) is 0 Å². The Morgan fingerprint density at radius 1 is 1.18 bits per heavy atom. The number of para-hydroxylation sites is 2. The van der Waals surface area contributed by atoms with Crippen LogP contribution in [0.5, 0.6) is 0 Å². The molecule has 90 valence electrons. The zero-order valence-electron chi connectivity index (χ0n) is 9.59. The predicted molar refractivity (Wildman–Crippen MR) is 65.7 cm³/mol. The molecule has 0 bridgehead atoms. The highest BCUT2D eigenvalue weighted by molar-refractivity contribution is 5.75. The summed E-state index contributed by atoms with van der Waals surface area (Å²) in [5.41, 5.74) is 0.792. The van der Waals surface area contributed by atoms with Gasteiger partial charge in [-0.1, -0.05) is 12.1 Å². The molecule has 0 saturated heterocycles. The number of rotatable bonds is 4. The van der Waals surface area contributed by atoms with Crippen molar-refractivity contribution in [1.29, 1.82) is 0 Å². The smallest absolute Gasteiger partial charge is 0.145 e. The highest BCUT2D eigenvalue weighted by Gasteiger charge is 2.22. The van der Waals surface area contributed by atoms with Crippen molar-refractivity contribution in [3.63, 3.8) is 0 Å². The molecule has 0 spiro atoms. The van der Waals surface area contributed by atoms with Crippen LogP contribution in [0.4, 0.5) is 5.82 Å². The minimum atomic E-state index is -0.795. The van der Waals surface area contributed by atoms with E-state index in [1.165, 1.54) is 0 Å². The molecule has 2 aromatic rings. The number of nitrogens with one attached hydrogen (secondary N) is 1. The second-order valence-corrected chi connectivity index (χ2v) is 4.25. The Balaban J connectivity index is 2.31. The summed E-state index contributed by atoms with van der Waals surface area (Å²) in [4.78, 5) is 8.61. The number of aliphatic hydroxyl groups excluding tert-OH is 2. The van der Waals surface area contributed by atoms with Crippen molar-refractivity contribution in [2.24, 2.45) is 0 Å². The molecule has 17 heavy (non-hydrogen) atoms. The van der Waals surface area contributed by atoms with E-state index < -0.39 is 5.54 Å². The number of anilines is 1. The van der Waals surface area contributed by atoms with Crippen molar-refractivity contribution in [2.45, 2.75) is 12.5 Å². The van der Waals surface area contributed by atoms with Gasteiger partial charge < -0.3 is 15.5 Å². The number of hydrogen-bond donors (Lipinski definition) is 3. The highest BCUT2D eigenvalue weighted by Crippen LogP contribution is 2.15. The van der Waals surface area contributed by atoms with Crippen LogP contribution in [0.2, 0.25) is 0 Å². The fourth-order valence-corrected chi connectivity index (χ4v) is 1.46. The zero-order valence-corrected chi connectivity index (χ0v) is 9.59. The normalized spacial score (nSPS) is 11.7. The van der Waals surface area contributed by atoms with Crippen molar-refractivity contribution in [3.05, 3.63) is 30.5 Å². The molecule has 2 rings (SSSR count). The summed E-state index contributed by atoms with van der Waals surface area (Å²) in [7, 11) is 0. The molecule has 3 N–H and O–H groups in total. The fourth-order valence-electron chi connectivity index (χ4n) is 1.46. The third-order valence-electron chi connectivity index (χ3n) is 2.58. The Bertz CT molecular complexity index is 512. The van der Waals surface area contributed by atoms with Gasteiger partial charge in [-0.05, 0) is 19.1 Å². The Hall–Kier alpha value is -1.72. The monoisotopic (exact) mass is 233 g/mol. The second-order valence-electron chi connectivity index (χ2n) is 4.25. The van der Waals surface area contributed by atoms with Crippen molar-refractivity contribution < 1.29 is 10.2 Å². The maximum Gasteiger partial charge on any atom is 0.145 e. The van der Waals surface area contributed by atoms with Crippen LogP contribution >= 0.6 is 0 Å². The van der Waals surface area contributed by atoms with E-state index in [-0.39, 0.29) is 13.2 Å². The van der Waals surface area contributed by atoms with Crippen LogP contribution in [0.25, 0.3) is 11.0 Å². The van der Waals surface area contributed by atoms with E-state index in [9.17, 15) is 10.2 Å². The average Bonchev–Trinajstić information content (AvgIpc) is 2.38. The van der Waals surface area contributed by atoms with E-state index in [0.717, 1.165) is 11.0 Å². The lowest BCUT2D eigenvalue weighted by atomic mass is 10.1. The van der Waals surface area contributed by atoms with Crippen LogP contribution in [-0.4, -0.2) is 38.9 Å². The lowest BCUT2D eigenvalue weighted by Gasteiger charge is -2.26. The topological polar surface area (TPSA) is 78.3 Å². The van der Waals surface area contributed by atoms with E-state index in [0.29, 0.717) is 5.82 Å². The van der Waals surface area contributed by atoms with Gasteiger partial charge in [0.25, 0.3) is 0 Å². The van der Waals surface area contributed by atoms with Crippen molar-refractivity contribution in [1.82, 2.24) is 9.97 Å². The molecular formula is C12H15N3O2. The van der Waals surface area contributed by atoms with E-state index in [1.807, 2.05) is 24.3 Å². The van der Waals surface area contributed by atoms with E-state index >= 15 is 0 Å². The molecule has 1 aromatic heterocycles. The van der Waals surface area contributed by atoms with Crippen LogP contribution in [0.1, 0.15) is 6.92 Å². The quantitative estimate of drug-likeness (QED) is 0.727. The molecule has 1 heterocycles. The first-order valence-corrected chi connectivity index (χ1v) is 5.38. The second kappa shape index (κ2) is 4.65. The van der Waals surface area contributed by atoms with Crippen LogP contribution in [0.15, 0.2) is 30.5 Å². The third kappa shape index (κ3) is 2.51. The van der Waals surface area contributed by atoms with Gasteiger partial charge in [-0.15, -0.1) is 0 Å². The predicted octanol–water partition coefficient (Wildman–Crippen LogP) is 0.785. The number of aromatic nitrogens is 2. The molecule has 5 nitrogen and oxygen atoms in total. The van der Waals surface area contributed by atoms with Gasteiger partial charge in [0.05, 0.1) is 36.0 Å². The number of benzene rings is 1. The molecule has 1 aromatic carbocycles. The van der Waals surface area contributed by atoms with Crippen molar-refractivity contribution in [2.75, 3.05) is 18.5 Å². The van der Waals surface area contributed by atoms with Gasteiger partial charge in [0.2, 0.25) is 0 Å². The van der Waals surface area contributed by atoms with Crippen LogP contribution < -0.4 is 5.32 Å². The Morgan fingerprint density at radius 2 is 1.82 bits per heavy atom. The van der Waals surface area contributed by atoms with Crippen LogP contribution in [-0.2, 0) is 0 Å². The maximum atomic E-state index is 9.19. The van der Waals surface area contributed by atoms with Gasteiger partial charge in [-0.2, -0.15) is 0 Å². The summed E-state index contributed by atoms with van der Waals surface area (Å²) in [6.07, 6.45) is 1.59. The number of fused-ring (bicyclic) bond motifs is 1. The number of hydrogen-bond acceptors (Lipinski definition) is 5. The Morgan fingerprint density at radius 3 is 2.47 bits per heavy atom. The molecule has 5 heteroatoms. The standard InChI is InChI=1S/C12H15N3O2/c1-12(7-16,8-17)15-11-6-13-9-4-2-3-5-10(9)14-11/h2-6,16-17H,7-8H2,1H3,(H,14,15). The van der Waals surface area contributed by atoms with Gasteiger partial charge in [0, 0.05) is 0 Å². The summed E-state index contributed by atoms with van der Waals surface area (Å²) >= 11 is 0. The van der Waals surface area contributed by atoms with Gasteiger partial charge in [-0.25, -0.2) is 4.98 Å². The molecule has 0 saturated carbocycles. The average molecular weight is 233 g/mol. The minimum Gasteiger partial charge on any atom is -0.394 e. The largest absolute Gasteiger partial charge is 0.394 e. The Kier molecular flexibility index (Phi) is 3.21. The zero-order chi connectivity index (χ0) is 12.3. The maximum absolute atomic E-state index is 9.19. The minimum absolute atomic E-state index is 0.183. The number of aliphatic hydroxyl groups is 2. The fraction of sp³-hybridized carbons (Fsp3) is 0.333. The van der Waals surface area contributed by atoms with Crippen LogP contribution in [0.3, 0.4) is 0 Å². The highest BCUT2D eigenvalue weighted by atomic mass is 16.3. The molecule has 0 unspecified atom stereocenters. The summed E-state index contributed by atoms with van der Waals surface area (Å²) < 4.78 is 0. The number of nitrogens with zero attached hydrogens (tertiary/aromatic N) is 2. The first-order chi connectivity index (χ1) is 8.17. The molecule has 0 aliphatic rings. The lowest BCUT2D eigenvalue weighted by Crippen LogP contribution is -2.42. The van der Waals surface area contributed by atoms with Gasteiger partial charge >= 0.3 is 0 Å². The summed E-state index contributed by atoms with van der Waals surface area (Å²) in [6, 6.07) is 7.53. The van der Waals surface area contributed by atoms with Gasteiger partial charge in [-0.3, -0.25) is 4.98 Å². The van der Waals surface area contributed by atoms with E-state index in [2.05, 4.69) is 15.3 Å². The SMILES string of the molecule is CC(CO)(CO)Nc1cnc2ccccc2n1. The Labute approximate surface area is 99.2 Å². The first kappa shape index (κ1) is 11.8. The lowest BCUT2D eigenvalue weighted by molar-refractivity contribution is 0.147. The first-order valence-electron chi connectivity index (χ1n) is 5.38.